The van der Waals surface area contributed by atoms with Gasteiger partial charge in [0.2, 0.25) is 0 Å². The molecule has 96 valence electrons. The minimum absolute atomic E-state index is 0.223. The molecule has 4 heteroatoms. The molecule has 0 N–H and O–H groups in total. The molecule has 1 aromatic rings. The molecule has 0 spiro atoms. The van der Waals surface area contributed by atoms with Crippen LogP contribution >= 0.6 is 0 Å². The number of halogens is 3. The molecular formula is C14H14F3N. The molecule has 1 aromatic carbocycles. The molecule has 0 amide bonds. The van der Waals surface area contributed by atoms with Crippen molar-refractivity contribution in [2.24, 2.45) is 0 Å². The summed E-state index contributed by atoms with van der Waals surface area (Å²) in [7, 11) is 0. The van der Waals surface area contributed by atoms with Crippen molar-refractivity contribution in [3.05, 3.63) is 35.4 Å². The molecule has 0 aromatic heterocycles. The van der Waals surface area contributed by atoms with Crippen LogP contribution in [0.3, 0.4) is 0 Å². The highest BCUT2D eigenvalue weighted by molar-refractivity contribution is 5.32. The van der Waals surface area contributed by atoms with E-state index in [2.05, 4.69) is 6.07 Å². The van der Waals surface area contributed by atoms with Gasteiger partial charge < -0.3 is 0 Å². The van der Waals surface area contributed by atoms with Gasteiger partial charge in [0.05, 0.1) is 11.6 Å². The van der Waals surface area contributed by atoms with E-state index >= 15 is 0 Å². The van der Waals surface area contributed by atoms with Gasteiger partial charge in [-0.05, 0) is 30.5 Å². The van der Waals surface area contributed by atoms with E-state index in [0.717, 1.165) is 43.4 Å². The van der Waals surface area contributed by atoms with E-state index in [1.54, 1.807) is 0 Å². The topological polar surface area (TPSA) is 23.8 Å². The lowest BCUT2D eigenvalue weighted by Gasteiger charge is -2.27. The van der Waals surface area contributed by atoms with Gasteiger partial charge in [-0.1, -0.05) is 25.0 Å². The van der Waals surface area contributed by atoms with Crippen LogP contribution in [0.4, 0.5) is 13.2 Å². The Morgan fingerprint density at radius 2 is 1.67 bits per heavy atom. The zero-order valence-electron chi connectivity index (χ0n) is 9.93. The molecule has 0 saturated heterocycles. The summed E-state index contributed by atoms with van der Waals surface area (Å²) < 4.78 is 37.5. The molecule has 1 saturated carbocycles. The van der Waals surface area contributed by atoms with Gasteiger partial charge in [-0.25, -0.2) is 0 Å². The first kappa shape index (κ1) is 12.9. The zero-order chi connectivity index (χ0) is 13.2. The SMILES string of the molecule is N#CCC1(c2ccc(C(F)(F)F)cc2)CCCC1. The van der Waals surface area contributed by atoms with Gasteiger partial charge in [-0.3, -0.25) is 0 Å². The van der Waals surface area contributed by atoms with Gasteiger partial charge in [0.1, 0.15) is 0 Å². The van der Waals surface area contributed by atoms with E-state index in [1.165, 1.54) is 12.1 Å². The van der Waals surface area contributed by atoms with Gasteiger partial charge in [0.25, 0.3) is 0 Å². The largest absolute Gasteiger partial charge is 0.416 e. The predicted molar refractivity (Wildman–Crippen MR) is 61.8 cm³/mol. The number of hydrogen-bond acceptors (Lipinski definition) is 1. The number of hydrogen-bond donors (Lipinski definition) is 0. The number of nitriles is 1. The van der Waals surface area contributed by atoms with Crippen LogP contribution in [-0.4, -0.2) is 0 Å². The van der Waals surface area contributed by atoms with Crippen molar-refractivity contribution in [3.8, 4) is 6.07 Å². The molecule has 0 atom stereocenters. The van der Waals surface area contributed by atoms with Gasteiger partial charge >= 0.3 is 6.18 Å². The Morgan fingerprint density at radius 3 is 2.11 bits per heavy atom. The van der Waals surface area contributed by atoms with Gasteiger partial charge in [-0.15, -0.1) is 0 Å². The first-order chi connectivity index (χ1) is 8.48. The number of nitrogens with zero attached hydrogens (tertiary/aromatic N) is 1. The Morgan fingerprint density at radius 1 is 1.11 bits per heavy atom. The lowest BCUT2D eigenvalue weighted by molar-refractivity contribution is -0.137. The van der Waals surface area contributed by atoms with Crippen LogP contribution in [0.2, 0.25) is 0 Å². The lowest BCUT2D eigenvalue weighted by atomic mass is 9.76. The van der Waals surface area contributed by atoms with E-state index in [0.29, 0.717) is 6.42 Å². The third kappa shape index (κ3) is 2.35. The number of benzene rings is 1. The maximum absolute atomic E-state index is 12.5. The van der Waals surface area contributed by atoms with Gasteiger partial charge in [-0.2, -0.15) is 18.4 Å². The Bertz CT molecular complexity index is 447. The fourth-order valence-corrected chi connectivity index (χ4v) is 2.78. The Hall–Kier alpha value is -1.50. The maximum atomic E-state index is 12.5. The second-order valence-corrected chi connectivity index (χ2v) is 4.90. The predicted octanol–water partition coefficient (Wildman–Crippen LogP) is 4.43. The molecule has 0 radical (unpaired) electrons. The molecule has 0 heterocycles. The zero-order valence-corrected chi connectivity index (χ0v) is 9.93. The highest BCUT2D eigenvalue weighted by atomic mass is 19.4. The van der Waals surface area contributed by atoms with Crippen LogP contribution in [-0.2, 0) is 11.6 Å². The third-order valence-corrected chi connectivity index (χ3v) is 3.80. The van der Waals surface area contributed by atoms with Gasteiger partial charge in [0.15, 0.2) is 0 Å². The Labute approximate surface area is 104 Å². The van der Waals surface area contributed by atoms with E-state index in [1.807, 2.05) is 0 Å². The average Bonchev–Trinajstić information content (AvgIpc) is 2.78. The standard InChI is InChI=1S/C14H14F3N/c15-14(16,17)12-5-3-11(4-6-12)13(9-10-18)7-1-2-8-13/h3-6H,1-2,7-9H2. The van der Waals surface area contributed by atoms with E-state index in [-0.39, 0.29) is 5.41 Å². The quantitative estimate of drug-likeness (QED) is 0.764. The van der Waals surface area contributed by atoms with Crippen molar-refractivity contribution < 1.29 is 13.2 Å². The summed E-state index contributed by atoms with van der Waals surface area (Å²) in [5, 5.41) is 8.91. The summed E-state index contributed by atoms with van der Waals surface area (Å²) in [5.74, 6) is 0. The van der Waals surface area contributed by atoms with Crippen LogP contribution < -0.4 is 0 Å². The van der Waals surface area contributed by atoms with E-state index < -0.39 is 11.7 Å². The molecule has 0 unspecified atom stereocenters. The van der Waals surface area contributed by atoms with Crippen molar-refractivity contribution in [2.45, 2.75) is 43.7 Å². The average molecular weight is 253 g/mol. The van der Waals surface area contributed by atoms with Crippen LogP contribution in [0, 0.1) is 11.3 Å². The van der Waals surface area contributed by atoms with Gasteiger partial charge in [0, 0.05) is 11.8 Å². The first-order valence-electron chi connectivity index (χ1n) is 6.03. The second-order valence-electron chi connectivity index (χ2n) is 4.90. The highest BCUT2D eigenvalue weighted by Gasteiger charge is 2.36. The minimum Gasteiger partial charge on any atom is -0.198 e. The molecule has 2 rings (SSSR count). The smallest absolute Gasteiger partial charge is 0.198 e. The summed E-state index contributed by atoms with van der Waals surface area (Å²) in [4.78, 5) is 0. The molecule has 0 bridgehead atoms. The number of rotatable bonds is 2. The fourth-order valence-electron chi connectivity index (χ4n) is 2.78. The van der Waals surface area contributed by atoms with Crippen molar-refractivity contribution in [3.63, 3.8) is 0 Å². The second kappa shape index (κ2) is 4.64. The van der Waals surface area contributed by atoms with Crippen LogP contribution in [0.1, 0.15) is 43.2 Å². The minimum atomic E-state index is -4.30. The van der Waals surface area contributed by atoms with Crippen molar-refractivity contribution in [1.29, 1.82) is 5.26 Å². The van der Waals surface area contributed by atoms with Crippen LogP contribution in [0.5, 0.6) is 0 Å². The molecule has 0 aliphatic heterocycles. The number of alkyl halides is 3. The Balaban J connectivity index is 2.31. The molecule has 1 aliphatic rings. The summed E-state index contributed by atoms with van der Waals surface area (Å²) in [6.45, 7) is 0. The third-order valence-electron chi connectivity index (χ3n) is 3.80. The fraction of sp³-hybridized carbons (Fsp3) is 0.500. The van der Waals surface area contributed by atoms with E-state index in [9.17, 15) is 13.2 Å². The Kier molecular flexibility index (Phi) is 3.34. The molecule has 1 nitrogen and oxygen atoms in total. The van der Waals surface area contributed by atoms with E-state index in [4.69, 9.17) is 5.26 Å². The monoisotopic (exact) mass is 253 g/mol. The molecular weight excluding hydrogens is 239 g/mol. The van der Waals surface area contributed by atoms with Crippen LogP contribution in [0.25, 0.3) is 0 Å². The maximum Gasteiger partial charge on any atom is 0.416 e. The summed E-state index contributed by atoms with van der Waals surface area (Å²) in [5.41, 5.74) is 0.0182. The summed E-state index contributed by atoms with van der Waals surface area (Å²) >= 11 is 0. The first-order valence-corrected chi connectivity index (χ1v) is 6.03. The molecule has 18 heavy (non-hydrogen) atoms. The summed E-state index contributed by atoms with van der Waals surface area (Å²) in [6, 6.07) is 7.47. The highest BCUT2D eigenvalue weighted by Crippen LogP contribution is 2.44. The molecule has 1 fully saturated rings. The van der Waals surface area contributed by atoms with Crippen molar-refractivity contribution in [2.75, 3.05) is 0 Å². The molecule has 1 aliphatic carbocycles. The van der Waals surface area contributed by atoms with Crippen molar-refractivity contribution >= 4 is 0 Å². The lowest BCUT2D eigenvalue weighted by Crippen LogP contribution is -2.21. The van der Waals surface area contributed by atoms with Crippen molar-refractivity contribution in [1.82, 2.24) is 0 Å². The summed E-state index contributed by atoms with van der Waals surface area (Å²) in [6.07, 6.45) is -0.0295. The normalized spacial score (nSPS) is 18.6. The van der Waals surface area contributed by atoms with Crippen LogP contribution in [0.15, 0.2) is 24.3 Å².